The molecule has 0 fully saturated rings. The van der Waals surface area contributed by atoms with Crippen molar-refractivity contribution in [2.75, 3.05) is 19.1 Å². The molecule has 0 spiro atoms. The summed E-state index contributed by atoms with van der Waals surface area (Å²) in [4.78, 5) is 1.78. The Morgan fingerprint density at radius 3 is 2.55 bits per heavy atom. The molecule has 0 aliphatic rings. The molecule has 3 nitrogen and oxygen atoms in total. The lowest BCUT2D eigenvalue weighted by Gasteiger charge is -2.21. The normalized spacial score (nSPS) is 12.1. The highest BCUT2D eigenvalue weighted by molar-refractivity contribution is 5.64. The van der Waals surface area contributed by atoms with Gasteiger partial charge in [0, 0.05) is 24.8 Å². The quantitative estimate of drug-likeness (QED) is 0.925. The number of hydrogen-bond acceptors (Lipinski definition) is 3. The predicted molar refractivity (Wildman–Crippen MR) is 80.1 cm³/mol. The average molecular weight is 274 g/mol. The summed E-state index contributed by atoms with van der Waals surface area (Å²) >= 11 is 0. The van der Waals surface area contributed by atoms with Gasteiger partial charge in [0.15, 0.2) is 0 Å². The number of nitrogens with two attached hydrogens (primary N) is 1. The molecular formula is C16H19FN2O. The summed E-state index contributed by atoms with van der Waals surface area (Å²) in [5.41, 5.74) is 7.90. The fraction of sp³-hybridized carbons (Fsp3) is 0.250. The second-order valence-electron chi connectivity index (χ2n) is 4.76. The van der Waals surface area contributed by atoms with Gasteiger partial charge in [-0.1, -0.05) is 12.1 Å². The highest BCUT2D eigenvalue weighted by atomic mass is 19.1. The van der Waals surface area contributed by atoms with Crippen LogP contribution in [-0.2, 0) is 0 Å². The Kier molecular flexibility index (Phi) is 4.25. The van der Waals surface area contributed by atoms with Gasteiger partial charge in [0.2, 0.25) is 0 Å². The van der Waals surface area contributed by atoms with Crippen molar-refractivity contribution < 1.29 is 9.13 Å². The Balaban J connectivity index is 2.35. The minimum absolute atomic E-state index is 0.180. The number of halogens is 1. The van der Waals surface area contributed by atoms with E-state index in [4.69, 9.17) is 10.5 Å². The van der Waals surface area contributed by atoms with Crippen molar-refractivity contribution in [1.29, 1.82) is 0 Å². The van der Waals surface area contributed by atoms with Gasteiger partial charge in [-0.3, -0.25) is 0 Å². The minimum atomic E-state index is -0.287. The molecule has 2 N–H and O–H groups in total. The monoisotopic (exact) mass is 274 g/mol. The van der Waals surface area contributed by atoms with Crippen LogP contribution in [0.1, 0.15) is 18.5 Å². The number of ether oxygens (including phenoxy) is 1. The molecule has 2 aromatic carbocycles. The van der Waals surface area contributed by atoms with Crippen molar-refractivity contribution >= 4 is 11.4 Å². The molecule has 4 heteroatoms. The topological polar surface area (TPSA) is 38.5 Å². The van der Waals surface area contributed by atoms with Crippen LogP contribution in [-0.4, -0.2) is 14.2 Å². The molecule has 1 atom stereocenters. The predicted octanol–water partition coefficient (Wildman–Crippen LogP) is 3.62. The van der Waals surface area contributed by atoms with Gasteiger partial charge in [-0.25, -0.2) is 4.39 Å². The van der Waals surface area contributed by atoms with E-state index in [1.165, 1.54) is 6.07 Å². The lowest BCUT2D eigenvalue weighted by atomic mass is 10.1. The summed E-state index contributed by atoms with van der Waals surface area (Å²) in [6.07, 6.45) is 0. The standard InChI is InChI=1S/C16H19FN2O/c1-11(18)12-7-8-16(15(17)9-12)19(2)13-5-4-6-14(10-13)20-3/h4-11H,18H2,1-3H3/t11-/m0/s1. The van der Waals surface area contributed by atoms with E-state index in [-0.39, 0.29) is 11.9 Å². The van der Waals surface area contributed by atoms with Crippen molar-refractivity contribution in [2.24, 2.45) is 5.73 Å². The van der Waals surface area contributed by atoms with E-state index in [0.717, 1.165) is 17.0 Å². The average Bonchev–Trinajstić information content (AvgIpc) is 2.46. The molecule has 0 amide bonds. The van der Waals surface area contributed by atoms with Crippen molar-refractivity contribution in [3.63, 3.8) is 0 Å². The molecule has 0 saturated heterocycles. The number of rotatable bonds is 4. The van der Waals surface area contributed by atoms with E-state index in [1.807, 2.05) is 44.3 Å². The molecule has 20 heavy (non-hydrogen) atoms. The first-order valence-corrected chi connectivity index (χ1v) is 6.45. The van der Waals surface area contributed by atoms with Crippen LogP contribution < -0.4 is 15.4 Å². The van der Waals surface area contributed by atoms with Gasteiger partial charge in [-0.15, -0.1) is 0 Å². The van der Waals surface area contributed by atoms with Gasteiger partial charge in [-0.2, -0.15) is 0 Å². The summed E-state index contributed by atoms with van der Waals surface area (Å²) in [6.45, 7) is 1.83. The maximum Gasteiger partial charge on any atom is 0.147 e. The zero-order chi connectivity index (χ0) is 14.7. The van der Waals surface area contributed by atoms with Gasteiger partial charge in [0.1, 0.15) is 11.6 Å². The summed E-state index contributed by atoms with van der Waals surface area (Å²) in [6, 6.07) is 12.4. The van der Waals surface area contributed by atoms with E-state index < -0.39 is 0 Å². The van der Waals surface area contributed by atoms with Crippen LogP contribution in [0.3, 0.4) is 0 Å². The molecule has 2 rings (SSSR count). The molecule has 2 aromatic rings. The third kappa shape index (κ3) is 2.91. The lowest BCUT2D eigenvalue weighted by molar-refractivity contribution is 0.415. The van der Waals surface area contributed by atoms with Crippen LogP contribution >= 0.6 is 0 Å². The number of hydrogen-bond donors (Lipinski definition) is 1. The zero-order valence-corrected chi connectivity index (χ0v) is 11.9. The maximum atomic E-state index is 14.2. The first-order chi connectivity index (χ1) is 9.52. The fourth-order valence-corrected chi connectivity index (χ4v) is 2.04. The Morgan fingerprint density at radius 2 is 1.95 bits per heavy atom. The Labute approximate surface area is 118 Å². The Bertz CT molecular complexity index is 599. The maximum absolute atomic E-state index is 14.2. The molecule has 0 unspecified atom stereocenters. The number of benzene rings is 2. The fourth-order valence-electron chi connectivity index (χ4n) is 2.04. The molecule has 0 saturated carbocycles. The highest BCUT2D eigenvalue weighted by Crippen LogP contribution is 2.29. The van der Waals surface area contributed by atoms with E-state index in [1.54, 1.807) is 18.1 Å². The summed E-state index contributed by atoms with van der Waals surface area (Å²) < 4.78 is 19.4. The van der Waals surface area contributed by atoms with Crippen LogP contribution in [0.5, 0.6) is 5.75 Å². The third-order valence-corrected chi connectivity index (χ3v) is 3.30. The second-order valence-corrected chi connectivity index (χ2v) is 4.76. The number of anilines is 2. The first-order valence-electron chi connectivity index (χ1n) is 6.45. The van der Waals surface area contributed by atoms with E-state index in [0.29, 0.717) is 5.69 Å². The molecule has 106 valence electrons. The van der Waals surface area contributed by atoms with E-state index in [9.17, 15) is 4.39 Å². The molecule has 0 bridgehead atoms. The summed E-state index contributed by atoms with van der Waals surface area (Å²) in [5, 5.41) is 0. The molecule has 0 aliphatic heterocycles. The Morgan fingerprint density at radius 1 is 1.20 bits per heavy atom. The lowest BCUT2D eigenvalue weighted by Crippen LogP contribution is -2.12. The van der Waals surface area contributed by atoms with Crippen molar-refractivity contribution in [3.05, 3.63) is 53.8 Å². The van der Waals surface area contributed by atoms with E-state index in [2.05, 4.69) is 0 Å². The Hall–Kier alpha value is -2.07. The van der Waals surface area contributed by atoms with Gasteiger partial charge < -0.3 is 15.4 Å². The van der Waals surface area contributed by atoms with Crippen molar-refractivity contribution in [2.45, 2.75) is 13.0 Å². The number of methoxy groups -OCH3 is 1. The summed E-state index contributed by atoms with van der Waals surface area (Å²) in [7, 11) is 3.43. The molecule has 0 radical (unpaired) electrons. The summed E-state index contributed by atoms with van der Waals surface area (Å²) in [5.74, 6) is 0.451. The largest absolute Gasteiger partial charge is 0.497 e. The van der Waals surface area contributed by atoms with Crippen molar-refractivity contribution in [1.82, 2.24) is 0 Å². The minimum Gasteiger partial charge on any atom is -0.497 e. The van der Waals surface area contributed by atoms with Crippen LogP contribution in [0.25, 0.3) is 0 Å². The van der Waals surface area contributed by atoms with Crippen LogP contribution in [0.4, 0.5) is 15.8 Å². The molecule has 0 aromatic heterocycles. The smallest absolute Gasteiger partial charge is 0.147 e. The molecule has 0 heterocycles. The van der Waals surface area contributed by atoms with E-state index >= 15 is 0 Å². The van der Waals surface area contributed by atoms with Crippen LogP contribution in [0.15, 0.2) is 42.5 Å². The van der Waals surface area contributed by atoms with Gasteiger partial charge in [0.25, 0.3) is 0 Å². The van der Waals surface area contributed by atoms with Gasteiger partial charge >= 0.3 is 0 Å². The van der Waals surface area contributed by atoms with Crippen LogP contribution in [0, 0.1) is 5.82 Å². The second kappa shape index (κ2) is 5.92. The SMILES string of the molecule is COc1cccc(N(C)c2ccc([C@H](C)N)cc2F)c1. The molecular weight excluding hydrogens is 255 g/mol. The van der Waals surface area contributed by atoms with Gasteiger partial charge in [-0.05, 0) is 36.8 Å². The zero-order valence-electron chi connectivity index (χ0n) is 11.9. The highest BCUT2D eigenvalue weighted by Gasteiger charge is 2.12. The third-order valence-electron chi connectivity index (χ3n) is 3.30. The molecule has 0 aliphatic carbocycles. The van der Waals surface area contributed by atoms with Crippen LogP contribution in [0.2, 0.25) is 0 Å². The van der Waals surface area contributed by atoms with Crippen molar-refractivity contribution in [3.8, 4) is 5.75 Å². The first kappa shape index (κ1) is 14.3. The van der Waals surface area contributed by atoms with Gasteiger partial charge in [0.05, 0.1) is 12.8 Å². The number of nitrogens with zero attached hydrogens (tertiary/aromatic N) is 1.